The first-order valence-electron chi connectivity index (χ1n) is 10.7. The van der Waals surface area contributed by atoms with E-state index in [9.17, 15) is 4.39 Å². The zero-order valence-electron chi connectivity index (χ0n) is 18.2. The maximum atomic E-state index is 13.2. The van der Waals surface area contributed by atoms with Crippen molar-refractivity contribution in [2.24, 2.45) is 10.1 Å². The average Bonchev–Trinajstić information content (AvgIpc) is 3.30. The summed E-state index contributed by atoms with van der Waals surface area (Å²) >= 11 is 1.67. The van der Waals surface area contributed by atoms with Crippen LogP contribution in [0.5, 0.6) is 0 Å². The fourth-order valence-electron chi connectivity index (χ4n) is 4.00. The molecule has 3 heterocycles. The highest BCUT2D eigenvalue weighted by molar-refractivity contribution is 8.14. The third kappa shape index (κ3) is 5.30. The van der Waals surface area contributed by atoms with Gasteiger partial charge < -0.3 is 14.0 Å². The lowest BCUT2D eigenvalue weighted by molar-refractivity contribution is 0.0202. The van der Waals surface area contributed by atoms with E-state index in [2.05, 4.69) is 40.0 Å². The number of aryl methyl sites for hydroxylation is 1. The first-order valence-corrected chi connectivity index (χ1v) is 11.7. The van der Waals surface area contributed by atoms with Crippen molar-refractivity contribution in [3.63, 3.8) is 0 Å². The fraction of sp³-hybridized carbons (Fsp3) is 0.478. The Balaban J connectivity index is 1.50. The monoisotopic (exact) mass is 444 g/mol. The number of nitrogens with zero attached hydrogens (tertiary/aromatic N) is 3. The van der Waals surface area contributed by atoms with Crippen LogP contribution in [0, 0.1) is 13.8 Å². The summed E-state index contributed by atoms with van der Waals surface area (Å²) in [5.74, 6) is 1.39. The SMILES string of the molecule is Cc1cc(C2=NNC(=NCC3CCCO3)SC2)c(C)n1C1=CC=C(OC(C)F)CC=C1. The van der Waals surface area contributed by atoms with Gasteiger partial charge in [0, 0.05) is 48.4 Å². The number of allylic oxidation sites excluding steroid dienone is 5. The van der Waals surface area contributed by atoms with Gasteiger partial charge in [-0.05, 0) is 51.0 Å². The van der Waals surface area contributed by atoms with Crippen LogP contribution in [0.15, 0.2) is 46.2 Å². The molecule has 2 aliphatic heterocycles. The summed E-state index contributed by atoms with van der Waals surface area (Å²) in [5.41, 5.74) is 8.48. The quantitative estimate of drug-likeness (QED) is 0.691. The zero-order chi connectivity index (χ0) is 21.8. The number of alkyl halides is 1. The van der Waals surface area contributed by atoms with E-state index in [1.807, 2.05) is 24.3 Å². The number of hydrogen-bond acceptors (Lipinski definition) is 5. The molecular weight excluding hydrogens is 415 g/mol. The average molecular weight is 445 g/mol. The van der Waals surface area contributed by atoms with Crippen molar-refractivity contribution < 1.29 is 13.9 Å². The number of rotatable bonds is 6. The second kappa shape index (κ2) is 9.87. The van der Waals surface area contributed by atoms with Gasteiger partial charge in [-0.2, -0.15) is 5.10 Å². The van der Waals surface area contributed by atoms with Crippen LogP contribution in [0.3, 0.4) is 0 Å². The lowest BCUT2D eigenvalue weighted by Crippen LogP contribution is -2.26. The van der Waals surface area contributed by atoms with E-state index in [-0.39, 0.29) is 6.10 Å². The van der Waals surface area contributed by atoms with Gasteiger partial charge in [0.1, 0.15) is 5.76 Å². The van der Waals surface area contributed by atoms with Crippen LogP contribution in [-0.4, -0.2) is 46.8 Å². The largest absolute Gasteiger partial charge is 0.465 e. The molecule has 3 aliphatic rings. The number of hydrogen-bond donors (Lipinski definition) is 1. The first-order chi connectivity index (χ1) is 15.0. The number of aliphatic imine (C=N–C) groups is 1. The molecule has 0 amide bonds. The summed E-state index contributed by atoms with van der Waals surface area (Å²) in [6, 6.07) is 2.16. The molecule has 166 valence electrons. The number of hydrazone groups is 1. The Morgan fingerprint density at radius 2 is 2.29 bits per heavy atom. The van der Waals surface area contributed by atoms with Gasteiger partial charge in [0.05, 0.1) is 18.4 Å². The Morgan fingerprint density at radius 1 is 1.42 bits per heavy atom. The van der Waals surface area contributed by atoms with Crippen LogP contribution in [-0.2, 0) is 9.47 Å². The van der Waals surface area contributed by atoms with E-state index < -0.39 is 6.36 Å². The van der Waals surface area contributed by atoms with Gasteiger partial charge in [-0.3, -0.25) is 10.4 Å². The molecule has 8 heteroatoms. The summed E-state index contributed by atoms with van der Waals surface area (Å²) in [4.78, 5) is 4.62. The van der Waals surface area contributed by atoms with E-state index in [4.69, 9.17) is 9.47 Å². The molecule has 1 saturated heterocycles. The Labute approximate surface area is 187 Å². The lowest BCUT2D eigenvalue weighted by Gasteiger charge is -2.16. The van der Waals surface area contributed by atoms with E-state index >= 15 is 0 Å². The molecule has 0 radical (unpaired) electrons. The van der Waals surface area contributed by atoms with Crippen LogP contribution >= 0.6 is 11.8 Å². The van der Waals surface area contributed by atoms with Crippen molar-refractivity contribution >= 4 is 28.3 Å². The number of aromatic nitrogens is 1. The summed E-state index contributed by atoms with van der Waals surface area (Å²) in [6.45, 7) is 7.11. The van der Waals surface area contributed by atoms with Crippen LogP contribution in [0.25, 0.3) is 5.70 Å². The standard InChI is InChI=1S/C23H29FN4O2S/c1-15-12-21(22-14-31-23(27-26-22)25-13-20-8-5-11-29-20)16(2)28(15)18-6-4-7-19(10-9-18)30-17(3)24/h4,6,9-10,12,17,20H,5,7-8,11,13-14H2,1-3H3,(H,25,27). The van der Waals surface area contributed by atoms with Gasteiger partial charge in [0.2, 0.25) is 6.36 Å². The first kappa shape index (κ1) is 21.9. The number of amidine groups is 1. The summed E-state index contributed by atoms with van der Waals surface area (Å²) in [5, 5.41) is 5.45. The predicted octanol–water partition coefficient (Wildman–Crippen LogP) is 4.70. The Bertz CT molecular complexity index is 968. The van der Waals surface area contributed by atoms with Crippen LogP contribution < -0.4 is 5.43 Å². The van der Waals surface area contributed by atoms with Crippen LogP contribution in [0.2, 0.25) is 0 Å². The van der Waals surface area contributed by atoms with Crippen LogP contribution in [0.4, 0.5) is 4.39 Å². The molecule has 2 atom stereocenters. The predicted molar refractivity (Wildman–Crippen MR) is 125 cm³/mol. The molecule has 0 aromatic carbocycles. The minimum Gasteiger partial charge on any atom is -0.465 e. The maximum absolute atomic E-state index is 13.2. The third-order valence-electron chi connectivity index (χ3n) is 5.46. The Morgan fingerprint density at radius 3 is 3.00 bits per heavy atom. The molecular formula is C23H29FN4O2S. The second-order valence-electron chi connectivity index (χ2n) is 7.85. The fourth-order valence-corrected chi connectivity index (χ4v) is 4.77. The zero-order valence-corrected chi connectivity index (χ0v) is 19.0. The highest BCUT2D eigenvalue weighted by Crippen LogP contribution is 2.26. The topological polar surface area (TPSA) is 60.1 Å². The highest BCUT2D eigenvalue weighted by atomic mass is 32.2. The summed E-state index contributed by atoms with van der Waals surface area (Å²) in [6.07, 6.45) is 9.57. The molecule has 2 unspecified atom stereocenters. The van der Waals surface area contributed by atoms with Gasteiger partial charge in [0.15, 0.2) is 5.17 Å². The van der Waals surface area contributed by atoms with Crippen molar-refractivity contribution in [3.8, 4) is 0 Å². The lowest BCUT2D eigenvalue weighted by atomic mass is 10.1. The van der Waals surface area contributed by atoms with Crippen molar-refractivity contribution in [1.82, 2.24) is 9.99 Å². The molecule has 4 rings (SSSR count). The van der Waals surface area contributed by atoms with Crippen molar-refractivity contribution in [2.45, 2.75) is 52.5 Å². The number of thioether (sulfide) groups is 1. The van der Waals surface area contributed by atoms with Gasteiger partial charge in [0.25, 0.3) is 0 Å². The summed E-state index contributed by atoms with van der Waals surface area (Å²) in [7, 11) is 0. The van der Waals surface area contributed by atoms with E-state index in [1.54, 1.807) is 11.8 Å². The molecule has 6 nitrogen and oxygen atoms in total. The Hall–Kier alpha value is -2.32. The van der Waals surface area contributed by atoms with Gasteiger partial charge in [-0.1, -0.05) is 17.8 Å². The molecule has 0 bridgehead atoms. The van der Waals surface area contributed by atoms with Crippen molar-refractivity contribution in [3.05, 3.63) is 53.1 Å². The molecule has 1 aromatic rings. The Kier molecular flexibility index (Phi) is 6.97. The van der Waals surface area contributed by atoms with Gasteiger partial charge >= 0.3 is 0 Å². The molecule has 0 saturated carbocycles. The summed E-state index contributed by atoms with van der Waals surface area (Å²) < 4.78 is 26.2. The molecule has 1 N–H and O–H groups in total. The van der Waals surface area contributed by atoms with Crippen molar-refractivity contribution in [1.29, 1.82) is 0 Å². The molecule has 0 spiro atoms. The van der Waals surface area contributed by atoms with E-state index in [0.29, 0.717) is 18.7 Å². The minimum atomic E-state index is -1.32. The van der Waals surface area contributed by atoms with Gasteiger partial charge in [-0.25, -0.2) is 4.39 Å². The smallest absolute Gasteiger partial charge is 0.235 e. The number of halogens is 1. The number of nitrogens with one attached hydrogen (secondary N) is 1. The van der Waals surface area contributed by atoms with Crippen molar-refractivity contribution in [2.75, 3.05) is 18.9 Å². The molecule has 1 aromatic heterocycles. The van der Waals surface area contributed by atoms with Crippen LogP contribution in [0.1, 0.15) is 43.1 Å². The molecule has 31 heavy (non-hydrogen) atoms. The van der Waals surface area contributed by atoms with E-state index in [0.717, 1.165) is 58.7 Å². The van der Waals surface area contributed by atoms with Gasteiger partial charge in [-0.15, -0.1) is 0 Å². The number of ether oxygens (including phenoxy) is 2. The molecule has 1 aliphatic carbocycles. The maximum Gasteiger partial charge on any atom is 0.235 e. The second-order valence-corrected chi connectivity index (χ2v) is 8.82. The third-order valence-corrected chi connectivity index (χ3v) is 6.37. The highest BCUT2D eigenvalue weighted by Gasteiger charge is 2.21. The van der Waals surface area contributed by atoms with E-state index in [1.165, 1.54) is 6.92 Å². The normalized spacial score (nSPS) is 23.7. The minimum absolute atomic E-state index is 0.244. The molecule has 1 fully saturated rings.